The highest BCUT2D eigenvalue weighted by molar-refractivity contribution is 7.89. The largest absolute Gasteiger partial charge is 0.493 e. The number of rotatable bonds is 12. The summed E-state index contributed by atoms with van der Waals surface area (Å²) < 4.78 is 34.7. The summed E-state index contributed by atoms with van der Waals surface area (Å²) in [7, 11) is -3.81. The predicted octanol–water partition coefficient (Wildman–Crippen LogP) is 4.87. The van der Waals surface area contributed by atoms with E-state index in [4.69, 9.17) is 4.74 Å². The van der Waals surface area contributed by atoms with Crippen LogP contribution in [0.1, 0.15) is 61.9 Å². The summed E-state index contributed by atoms with van der Waals surface area (Å²) >= 11 is 0. The van der Waals surface area contributed by atoms with Crippen LogP contribution in [0.2, 0.25) is 0 Å². The molecule has 0 radical (unpaired) electrons. The van der Waals surface area contributed by atoms with E-state index >= 15 is 0 Å². The van der Waals surface area contributed by atoms with E-state index < -0.39 is 16.1 Å². The van der Waals surface area contributed by atoms with Gasteiger partial charge in [0.2, 0.25) is 15.9 Å². The van der Waals surface area contributed by atoms with Gasteiger partial charge in [0.25, 0.3) is 0 Å². The van der Waals surface area contributed by atoms with Crippen molar-refractivity contribution in [1.29, 1.82) is 0 Å². The van der Waals surface area contributed by atoms with Gasteiger partial charge in [-0.2, -0.15) is 0 Å². The third-order valence-electron chi connectivity index (χ3n) is 6.62. The van der Waals surface area contributed by atoms with Gasteiger partial charge >= 0.3 is 0 Å². The number of fused-ring (bicyclic) bond motifs is 1. The summed E-state index contributed by atoms with van der Waals surface area (Å²) in [4.78, 5) is 13.4. The molecule has 7 nitrogen and oxygen atoms in total. The molecule has 38 heavy (non-hydrogen) atoms. The Balaban J connectivity index is 1.44. The van der Waals surface area contributed by atoms with Crippen molar-refractivity contribution >= 4 is 15.9 Å². The summed E-state index contributed by atoms with van der Waals surface area (Å²) in [5.74, 6) is 1.22. The molecule has 3 aromatic rings. The van der Waals surface area contributed by atoms with Crippen molar-refractivity contribution in [2.24, 2.45) is 5.92 Å². The minimum Gasteiger partial charge on any atom is -0.493 e. The molecule has 2 atom stereocenters. The molecule has 0 aliphatic carbocycles. The molecule has 0 aromatic heterocycles. The van der Waals surface area contributed by atoms with Gasteiger partial charge < -0.3 is 15.4 Å². The van der Waals surface area contributed by atoms with E-state index in [1.54, 1.807) is 18.2 Å². The first kappa shape index (κ1) is 27.8. The van der Waals surface area contributed by atoms with E-state index in [2.05, 4.69) is 35.3 Å². The number of ether oxygens (including phenoxy) is 1. The van der Waals surface area contributed by atoms with Crippen molar-refractivity contribution in [2.75, 3.05) is 13.2 Å². The normalized spacial score (nSPS) is 15.9. The fraction of sp³-hybridized carbons (Fsp3) is 0.367. The van der Waals surface area contributed by atoms with Crippen LogP contribution in [-0.4, -0.2) is 27.5 Å². The zero-order chi connectivity index (χ0) is 27.0. The lowest BCUT2D eigenvalue weighted by molar-refractivity contribution is -0.122. The first-order valence-corrected chi connectivity index (χ1v) is 14.7. The van der Waals surface area contributed by atoms with Crippen molar-refractivity contribution in [3.8, 4) is 5.75 Å². The second-order valence-corrected chi connectivity index (χ2v) is 11.8. The standard InChI is InChI=1S/C30H37N3O4S/c1-22(2)15-17-31-21-23-13-14-26-27(16-18-37-29(26)19-23)32-30(34)20-28(24-9-5-3-6-10-24)33-38(35,36)25-11-7-4-8-12-25/h3-14,19,22,27-28,31,33H,15-18,20-21H2,1-2H3,(H,32,34). The third-order valence-corrected chi connectivity index (χ3v) is 8.11. The number of amides is 1. The highest BCUT2D eigenvalue weighted by Gasteiger charge is 2.27. The average molecular weight is 536 g/mol. The van der Waals surface area contributed by atoms with Crippen LogP contribution < -0.4 is 20.1 Å². The summed E-state index contributed by atoms with van der Waals surface area (Å²) in [5.41, 5.74) is 2.81. The molecule has 1 amide bonds. The van der Waals surface area contributed by atoms with Gasteiger partial charge in [-0.25, -0.2) is 13.1 Å². The molecule has 0 saturated heterocycles. The molecule has 3 N–H and O–H groups in total. The zero-order valence-corrected chi connectivity index (χ0v) is 22.8. The topological polar surface area (TPSA) is 96.5 Å². The number of hydrogen-bond acceptors (Lipinski definition) is 5. The first-order chi connectivity index (χ1) is 18.3. The Morgan fingerprint density at radius 2 is 1.71 bits per heavy atom. The molecule has 202 valence electrons. The number of nitrogens with one attached hydrogen (secondary N) is 3. The zero-order valence-electron chi connectivity index (χ0n) is 22.0. The van der Waals surface area contributed by atoms with Gasteiger partial charge in [-0.3, -0.25) is 4.79 Å². The Morgan fingerprint density at radius 3 is 2.42 bits per heavy atom. The lowest BCUT2D eigenvalue weighted by Crippen LogP contribution is -2.36. The Labute approximate surface area is 226 Å². The fourth-order valence-corrected chi connectivity index (χ4v) is 5.77. The van der Waals surface area contributed by atoms with E-state index in [-0.39, 0.29) is 23.3 Å². The predicted molar refractivity (Wildman–Crippen MR) is 149 cm³/mol. The lowest BCUT2D eigenvalue weighted by atomic mass is 9.98. The van der Waals surface area contributed by atoms with Crippen molar-refractivity contribution in [2.45, 2.75) is 56.6 Å². The second-order valence-electron chi connectivity index (χ2n) is 10.1. The van der Waals surface area contributed by atoms with E-state index in [1.165, 1.54) is 12.1 Å². The van der Waals surface area contributed by atoms with Gasteiger partial charge in [-0.1, -0.05) is 74.5 Å². The average Bonchev–Trinajstić information content (AvgIpc) is 2.91. The minimum atomic E-state index is -3.81. The maximum atomic E-state index is 13.2. The summed E-state index contributed by atoms with van der Waals surface area (Å²) in [6, 6.07) is 22.6. The Bertz CT molecular complexity index is 1300. The number of benzene rings is 3. The molecule has 3 aromatic carbocycles. The molecule has 0 fully saturated rings. The van der Waals surface area contributed by atoms with Crippen molar-refractivity contribution in [3.05, 3.63) is 95.6 Å². The molecular weight excluding hydrogens is 498 g/mol. The Hall–Kier alpha value is -3.20. The third kappa shape index (κ3) is 7.66. The van der Waals surface area contributed by atoms with Crippen LogP contribution in [0.5, 0.6) is 5.75 Å². The fourth-order valence-electron chi connectivity index (χ4n) is 4.52. The Morgan fingerprint density at radius 1 is 1.00 bits per heavy atom. The maximum absolute atomic E-state index is 13.2. The van der Waals surface area contributed by atoms with Gasteiger partial charge in [0.1, 0.15) is 5.75 Å². The van der Waals surface area contributed by atoms with Crippen molar-refractivity contribution < 1.29 is 17.9 Å². The number of carbonyl (C=O) groups is 1. The van der Waals surface area contributed by atoms with Crippen LogP contribution >= 0.6 is 0 Å². The molecule has 2 unspecified atom stereocenters. The van der Waals surface area contributed by atoms with E-state index in [9.17, 15) is 13.2 Å². The number of hydrogen-bond donors (Lipinski definition) is 3. The van der Waals surface area contributed by atoms with Crippen LogP contribution in [0.3, 0.4) is 0 Å². The molecule has 8 heteroatoms. The van der Waals surface area contributed by atoms with Gasteiger partial charge in [0.05, 0.1) is 23.6 Å². The van der Waals surface area contributed by atoms with Crippen LogP contribution in [0.25, 0.3) is 0 Å². The molecular formula is C30H37N3O4S. The monoisotopic (exact) mass is 535 g/mol. The summed E-state index contributed by atoms with van der Waals surface area (Å²) in [5, 5.41) is 6.59. The quantitative estimate of drug-likeness (QED) is 0.288. The Kier molecular flexibility index (Phi) is 9.55. The molecule has 4 rings (SSSR count). The molecule has 1 heterocycles. The highest BCUT2D eigenvalue weighted by atomic mass is 32.2. The maximum Gasteiger partial charge on any atom is 0.241 e. The van der Waals surface area contributed by atoms with Crippen LogP contribution in [0.15, 0.2) is 83.8 Å². The molecule has 0 spiro atoms. The van der Waals surface area contributed by atoms with Gasteiger partial charge in [-0.15, -0.1) is 0 Å². The van der Waals surface area contributed by atoms with Crippen LogP contribution in [-0.2, 0) is 21.4 Å². The van der Waals surface area contributed by atoms with Gasteiger partial charge in [0, 0.05) is 24.9 Å². The molecule has 0 bridgehead atoms. The van der Waals surface area contributed by atoms with E-state index in [0.717, 1.165) is 42.0 Å². The van der Waals surface area contributed by atoms with E-state index in [0.29, 0.717) is 18.9 Å². The van der Waals surface area contributed by atoms with Crippen molar-refractivity contribution in [3.63, 3.8) is 0 Å². The van der Waals surface area contributed by atoms with Gasteiger partial charge in [-0.05, 0) is 48.2 Å². The second kappa shape index (κ2) is 13.0. The smallest absolute Gasteiger partial charge is 0.241 e. The van der Waals surface area contributed by atoms with Gasteiger partial charge in [0.15, 0.2) is 0 Å². The summed E-state index contributed by atoms with van der Waals surface area (Å²) in [6.45, 7) is 6.66. The number of sulfonamides is 1. The number of carbonyl (C=O) groups excluding carboxylic acids is 1. The molecule has 1 aliphatic rings. The highest BCUT2D eigenvalue weighted by Crippen LogP contribution is 2.33. The SMILES string of the molecule is CC(C)CCNCc1ccc2c(c1)OCCC2NC(=O)CC(NS(=O)(=O)c1ccccc1)c1ccccc1. The molecule has 0 saturated carbocycles. The van der Waals surface area contributed by atoms with Crippen LogP contribution in [0, 0.1) is 5.92 Å². The van der Waals surface area contributed by atoms with Crippen LogP contribution in [0.4, 0.5) is 0 Å². The molecule has 1 aliphatic heterocycles. The lowest BCUT2D eigenvalue weighted by Gasteiger charge is -2.28. The minimum absolute atomic E-state index is 0.0272. The van der Waals surface area contributed by atoms with Crippen molar-refractivity contribution in [1.82, 2.24) is 15.4 Å². The first-order valence-electron chi connectivity index (χ1n) is 13.2. The summed E-state index contributed by atoms with van der Waals surface area (Å²) in [6.07, 6.45) is 1.75. The van der Waals surface area contributed by atoms with E-state index in [1.807, 2.05) is 42.5 Å².